The standard InChI is InChI=1S/3C7H12N2.C7H13NO.2C7H11NO.2C6H11N3.C6H10N2O/c1-6(2)7-4-9(3)5-8-7;1-6(2)7-4-8-9(3)5-7;1-6(2)9-5-7(3)4-8-9;2*1-5(2)7-4-6(3)9-8-7;1-5(2)7-4-6(3)8-9-7;1-5(2)6-4-9(3)8-7-6;1-5(2)9-4-6(3)7-8-9;1-4(2)6-8-7-5(3)9-6/h3*4-6H,1-3H3;5-6H,4H2,1-3H3;4*4-5H,1-3H3;4H,1-3H3. The second-order valence-electron chi connectivity index (χ2n) is 22.9. The van der Waals surface area contributed by atoms with Crippen molar-refractivity contribution in [3.8, 4) is 0 Å². The topological polar surface area (TPSA) is 227 Å². The lowest BCUT2D eigenvalue weighted by Gasteiger charge is -2.02. The van der Waals surface area contributed by atoms with Crippen molar-refractivity contribution >= 4 is 5.71 Å². The molecule has 8 aromatic heterocycles. The van der Waals surface area contributed by atoms with E-state index in [4.69, 9.17) is 18.3 Å². The molecule has 8 aromatic rings. The van der Waals surface area contributed by atoms with Crippen molar-refractivity contribution in [3.05, 3.63) is 125 Å². The Hall–Kier alpha value is -7.06. The molecule has 0 amide bonds. The summed E-state index contributed by atoms with van der Waals surface area (Å²) in [5.41, 5.74) is 8.91. The van der Waals surface area contributed by atoms with Crippen LogP contribution in [0, 0.1) is 40.5 Å². The maximum Gasteiger partial charge on any atom is 0.219 e. The third kappa shape index (κ3) is 30.4. The Labute approximate surface area is 485 Å². The van der Waals surface area contributed by atoms with E-state index >= 15 is 0 Å². The van der Waals surface area contributed by atoms with Gasteiger partial charge >= 0.3 is 0 Å². The summed E-state index contributed by atoms with van der Waals surface area (Å²) in [6.07, 6.45) is 16.9. The number of rotatable bonds is 9. The summed E-state index contributed by atoms with van der Waals surface area (Å²) in [4.78, 5) is 9.19. The van der Waals surface area contributed by atoms with E-state index in [1.165, 1.54) is 16.8 Å². The number of aromatic nitrogens is 16. The fraction of sp³-hybridized carbons (Fsp3) is 0.633. The molecule has 21 nitrogen and oxygen atoms in total. The van der Waals surface area contributed by atoms with E-state index in [0.717, 1.165) is 46.4 Å². The Morgan fingerprint density at radius 3 is 1.37 bits per heavy atom. The molecule has 0 N–H and O–H groups in total. The average molecular weight is 1130 g/mol. The van der Waals surface area contributed by atoms with Crippen molar-refractivity contribution in [2.45, 2.75) is 226 Å². The molecule has 81 heavy (non-hydrogen) atoms. The maximum atomic E-state index is 5.12. The van der Waals surface area contributed by atoms with E-state index < -0.39 is 0 Å². The minimum Gasteiger partial charge on any atom is -0.425 e. The molecule has 9 rings (SSSR count). The van der Waals surface area contributed by atoms with Crippen LogP contribution < -0.4 is 0 Å². The lowest BCUT2D eigenvalue weighted by atomic mass is 10.0. The van der Waals surface area contributed by atoms with Gasteiger partial charge in [-0.3, -0.25) is 14.0 Å². The van der Waals surface area contributed by atoms with Gasteiger partial charge in [-0.2, -0.15) is 10.2 Å². The number of hydrogen-bond donors (Lipinski definition) is 0. The van der Waals surface area contributed by atoms with Gasteiger partial charge in [0, 0.05) is 102 Å². The van der Waals surface area contributed by atoms with Crippen LogP contribution >= 0.6 is 0 Å². The molecule has 0 radical (unpaired) electrons. The molecule has 9 heterocycles. The molecule has 0 saturated carbocycles. The van der Waals surface area contributed by atoms with E-state index in [1.807, 2.05) is 150 Å². The third-order valence-corrected chi connectivity index (χ3v) is 11.3. The molecule has 0 saturated heterocycles. The van der Waals surface area contributed by atoms with Crippen LogP contribution in [0.4, 0.5) is 0 Å². The van der Waals surface area contributed by atoms with Crippen molar-refractivity contribution in [1.29, 1.82) is 0 Å². The summed E-state index contributed by atoms with van der Waals surface area (Å²) in [7, 11) is 5.80. The summed E-state index contributed by atoms with van der Waals surface area (Å²) < 4.78 is 24.3. The first kappa shape index (κ1) is 72.0. The largest absolute Gasteiger partial charge is 0.425 e. The van der Waals surface area contributed by atoms with E-state index in [0.29, 0.717) is 71.4 Å². The van der Waals surface area contributed by atoms with Crippen LogP contribution in [0.25, 0.3) is 0 Å². The highest BCUT2D eigenvalue weighted by Gasteiger charge is 2.18. The van der Waals surface area contributed by atoms with Gasteiger partial charge < -0.3 is 22.9 Å². The Balaban J connectivity index is 0.000000456. The molecule has 452 valence electrons. The molecule has 0 aliphatic carbocycles. The third-order valence-electron chi connectivity index (χ3n) is 11.3. The number of oxime groups is 1. The maximum absolute atomic E-state index is 5.12. The molecule has 0 spiro atoms. The quantitative estimate of drug-likeness (QED) is 0.131. The molecule has 1 unspecified atom stereocenters. The molecule has 0 aromatic carbocycles. The highest BCUT2D eigenvalue weighted by molar-refractivity contribution is 5.87. The van der Waals surface area contributed by atoms with Crippen LogP contribution in [0.15, 0.2) is 80.5 Å². The first-order valence-electron chi connectivity index (χ1n) is 28.4. The lowest BCUT2D eigenvalue weighted by Crippen LogP contribution is -2.07. The molecule has 0 fully saturated rings. The van der Waals surface area contributed by atoms with Gasteiger partial charge in [0.2, 0.25) is 11.8 Å². The fourth-order valence-electron chi connectivity index (χ4n) is 6.16. The van der Waals surface area contributed by atoms with Crippen molar-refractivity contribution in [1.82, 2.24) is 79.6 Å². The van der Waals surface area contributed by atoms with E-state index in [2.05, 4.69) is 172 Å². The smallest absolute Gasteiger partial charge is 0.219 e. The number of imidazole rings is 1. The van der Waals surface area contributed by atoms with Gasteiger partial charge in [-0.15, -0.1) is 20.4 Å². The van der Waals surface area contributed by atoms with Gasteiger partial charge in [-0.1, -0.05) is 123 Å². The van der Waals surface area contributed by atoms with Crippen molar-refractivity contribution in [2.75, 3.05) is 0 Å². The van der Waals surface area contributed by atoms with Crippen molar-refractivity contribution < 1.29 is 18.3 Å². The SMILES string of the molecule is CC(C)c1cn(C)cn1.CC(C)c1cn(C)nn1.CC(C)c1cnn(C)c1.CC1CC(C(C)C)=NO1.Cc1cc(C(C)C)no1.Cc1cc(C(C)C)on1.Cc1cn(C(C)C)nn1.Cc1cnn(C(C)C)c1.Cc1nnc(C(C)C)o1. The molecular weight excluding hydrogens is 1020 g/mol. The Morgan fingerprint density at radius 2 is 1.15 bits per heavy atom. The summed E-state index contributed by atoms with van der Waals surface area (Å²) in [5, 5.41) is 42.7. The minimum absolute atomic E-state index is 0.308. The summed E-state index contributed by atoms with van der Waals surface area (Å²) in [5.74, 6) is 6.65. The summed E-state index contributed by atoms with van der Waals surface area (Å²) >= 11 is 0. The van der Waals surface area contributed by atoms with Gasteiger partial charge in [0.05, 0.1) is 52.9 Å². The Morgan fingerprint density at radius 1 is 0.519 bits per heavy atom. The van der Waals surface area contributed by atoms with Crippen LogP contribution in [0.5, 0.6) is 0 Å². The highest BCUT2D eigenvalue weighted by atomic mass is 16.6. The monoisotopic (exact) mass is 1130 g/mol. The molecule has 21 heteroatoms. The van der Waals surface area contributed by atoms with Crippen molar-refractivity contribution in [3.63, 3.8) is 0 Å². The zero-order chi connectivity index (χ0) is 61.7. The summed E-state index contributed by atoms with van der Waals surface area (Å²) in [6, 6.07) is 4.83. The normalized spacial score (nSPS) is 12.4. The first-order valence-corrected chi connectivity index (χ1v) is 28.4. The molecule has 0 bridgehead atoms. The second kappa shape index (κ2) is 37.0. The number of hydrogen-bond acceptors (Lipinski definition) is 16. The van der Waals surface area contributed by atoms with E-state index in [-0.39, 0.29) is 0 Å². The van der Waals surface area contributed by atoms with Crippen molar-refractivity contribution in [2.24, 2.45) is 32.2 Å². The van der Waals surface area contributed by atoms with Gasteiger partial charge in [0.25, 0.3) is 0 Å². The number of nitrogens with zero attached hydrogens (tertiary/aromatic N) is 17. The van der Waals surface area contributed by atoms with Gasteiger partial charge in [-0.25, -0.2) is 9.67 Å². The lowest BCUT2D eigenvalue weighted by molar-refractivity contribution is 0.0994. The minimum atomic E-state index is 0.308. The Kier molecular flexibility index (Phi) is 32.9. The van der Waals surface area contributed by atoms with Crippen LogP contribution in [-0.2, 0) is 26.0 Å². The Bertz CT molecular complexity index is 2350. The zero-order valence-electron chi connectivity index (χ0n) is 54.5. The summed E-state index contributed by atoms with van der Waals surface area (Å²) in [6.45, 7) is 49.5. The van der Waals surface area contributed by atoms with Gasteiger partial charge in [-0.05, 0) is 103 Å². The second-order valence-corrected chi connectivity index (χ2v) is 22.9. The molecule has 1 aliphatic rings. The fourth-order valence-corrected chi connectivity index (χ4v) is 6.16. The molecule has 1 aliphatic heterocycles. The average Bonchev–Trinajstić information content (AvgIpc) is 4.22. The van der Waals surface area contributed by atoms with Gasteiger partial charge in [0.15, 0.2) is 0 Å². The first-order chi connectivity index (χ1) is 37.8. The van der Waals surface area contributed by atoms with Crippen LogP contribution in [0.3, 0.4) is 0 Å². The zero-order valence-corrected chi connectivity index (χ0v) is 54.5. The predicted octanol–water partition coefficient (Wildman–Crippen LogP) is 14.5. The van der Waals surface area contributed by atoms with Crippen LogP contribution in [0.2, 0.25) is 0 Å². The van der Waals surface area contributed by atoms with Crippen LogP contribution in [-0.4, -0.2) is 91.4 Å². The van der Waals surface area contributed by atoms with E-state index in [1.54, 1.807) is 11.6 Å². The molecular formula is C60H103N17O4. The predicted molar refractivity (Wildman–Crippen MR) is 323 cm³/mol. The molecule has 1 atom stereocenters. The highest BCUT2D eigenvalue weighted by Crippen LogP contribution is 2.17. The van der Waals surface area contributed by atoms with E-state index in [9.17, 15) is 0 Å². The number of aryl methyl sites for hydroxylation is 8. The van der Waals surface area contributed by atoms with Gasteiger partial charge in [0.1, 0.15) is 17.6 Å². The van der Waals surface area contributed by atoms with Crippen LogP contribution in [0.1, 0.15) is 248 Å².